The summed E-state index contributed by atoms with van der Waals surface area (Å²) in [5, 5.41) is 9.63. The number of hydrogen-bond acceptors (Lipinski definition) is 3. The summed E-state index contributed by atoms with van der Waals surface area (Å²) in [6, 6.07) is 0. The van der Waals surface area contributed by atoms with Crippen LogP contribution in [0.3, 0.4) is 0 Å². The third-order valence-electron chi connectivity index (χ3n) is 2.40. The summed E-state index contributed by atoms with van der Waals surface area (Å²) in [6.07, 6.45) is 0.771. The number of carbonyl (C=O) groups is 1. The predicted octanol–water partition coefficient (Wildman–Crippen LogP) is 0.277. The molecule has 1 atom stereocenters. The van der Waals surface area contributed by atoms with Crippen LogP contribution in [0.4, 0.5) is 0 Å². The molecule has 0 saturated carbocycles. The van der Waals surface area contributed by atoms with Gasteiger partial charge in [0.25, 0.3) is 0 Å². The summed E-state index contributed by atoms with van der Waals surface area (Å²) in [5.41, 5.74) is -1.83. The van der Waals surface area contributed by atoms with Crippen molar-refractivity contribution in [1.82, 2.24) is 4.90 Å². The molecular formula is C8H17NO2. The highest BCUT2D eigenvalue weighted by atomic mass is 16.3. The van der Waals surface area contributed by atoms with E-state index in [2.05, 4.69) is 0 Å². The second kappa shape index (κ2) is 2.91. The minimum atomic E-state index is -1.02. The van der Waals surface area contributed by atoms with Crippen LogP contribution >= 0.6 is 0 Å². The molecule has 11 heavy (non-hydrogen) atoms. The maximum atomic E-state index is 10.7. The third-order valence-corrected chi connectivity index (χ3v) is 2.40. The molecule has 66 valence electrons. The zero-order chi connectivity index (χ0) is 9.28. The van der Waals surface area contributed by atoms with Crippen molar-refractivity contribution < 1.29 is 9.90 Å². The molecule has 0 amide bonds. The van der Waals surface area contributed by atoms with E-state index in [1.165, 1.54) is 0 Å². The second-order valence-corrected chi connectivity index (χ2v) is 3.72. The molecule has 0 bridgehead atoms. The van der Waals surface area contributed by atoms with E-state index in [-0.39, 0.29) is 0 Å². The van der Waals surface area contributed by atoms with Crippen molar-refractivity contribution in [3.05, 3.63) is 0 Å². The second-order valence-electron chi connectivity index (χ2n) is 3.72. The summed E-state index contributed by atoms with van der Waals surface area (Å²) in [4.78, 5) is 12.4. The normalized spacial score (nSPS) is 18.1. The Balaban J connectivity index is 4.75. The van der Waals surface area contributed by atoms with Crippen LogP contribution in [0.2, 0.25) is 0 Å². The SMILES string of the molecule is CN(C)C(C)(C=O)C(C)(C)O. The predicted molar refractivity (Wildman–Crippen MR) is 44.5 cm³/mol. The number of carbonyl (C=O) groups excluding carboxylic acids is 1. The van der Waals surface area contributed by atoms with Gasteiger partial charge in [-0.25, -0.2) is 0 Å². The highest BCUT2D eigenvalue weighted by Crippen LogP contribution is 2.23. The van der Waals surface area contributed by atoms with E-state index in [1.54, 1.807) is 39.8 Å². The number of likely N-dealkylation sites (N-methyl/N-ethyl adjacent to an activating group) is 1. The Morgan fingerprint density at radius 1 is 1.27 bits per heavy atom. The fourth-order valence-electron chi connectivity index (χ4n) is 0.797. The first kappa shape index (κ1) is 10.6. The van der Waals surface area contributed by atoms with Crippen LogP contribution in [0.25, 0.3) is 0 Å². The van der Waals surface area contributed by atoms with Crippen LogP contribution in [0.1, 0.15) is 20.8 Å². The van der Waals surface area contributed by atoms with Gasteiger partial charge >= 0.3 is 0 Å². The molecule has 0 radical (unpaired) electrons. The van der Waals surface area contributed by atoms with E-state index in [0.717, 1.165) is 6.29 Å². The molecule has 0 aliphatic carbocycles. The Labute approximate surface area is 68.0 Å². The number of rotatable bonds is 3. The Kier molecular flexibility index (Phi) is 2.80. The molecule has 0 fully saturated rings. The highest BCUT2D eigenvalue weighted by Gasteiger charge is 2.41. The van der Waals surface area contributed by atoms with Gasteiger partial charge in [0.15, 0.2) is 0 Å². The Morgan fingerprint density at radius 2 is 1.64 bits per heavy atom. The lowest BCUT2D eigenvalue weighted by molar-refractivity contribution is -0.131. The summed E-state index contributed by atoms with van der Waals surface area (Å²) in [6.45, 7) is 4.96. The third kappa shape index (κ3) is 1.79. The zero-order valence-corrected chi connectivity index (χ0v) is 7.88. The van der Waals surface area contributed by atoms with E-state index in [0.29, 0.717) is 0 Å². The number of aliphatic hydroxyl groups is 1. The maximum Gasteiger partial charge on any atom is 0.142 e. The van der Waals surface area contributed by atoms with E-state index in [9.17, 15) is 9.90 Å². The van der Waals surface area contributed by atoms with Crippen molar-refractivity contribution in [2.75, 3.05) is 14.1 Å². The molecule has 0 aliphatic rings. The molecular weight excluding hydrogens is 142 g/mol. The fourth-order valence-corrected chi connectivity index (χ4v) is 0.797. The average Bonchev–Trinajstić information content (AvgIpc) is 1.83. The van der Waals surface area contributed by atoms with E-state index < -0.39 is 11.1 Å². The Hall–Kier alpha value is -0.410. The van der Waals surface area contributed by atoms with E-state index in [4.69, 9.17) is 0 Å². The minimum absolute atomic E-state index is 0.771. The molecule has 1 N–H and O–H groups in total. The standard InChI is InChI=1S/C8H17NO2/c1-7(2,11)8(3,6-10)9(4)5/h6,11H,1-5H3. The van der Waals surface area contributed by atoms with Gasteiger partial charge in [-0.2, -0.15) is 0 Å². The molecule has 0 saturated heterocycles. The van der Waals surface area contributed by atoms with Gasteiger partial charge in [-0.05, 0) is 34.9 Å². The van der Waals surface area contributed by atoms with Gasteiger partial charge < -0.3 is 9.90 Å². The van der Waals surface area contributed by atoms with Gasteiger partial charge in [0.2, 0.25) is 0 Å². The lowest BCUT2D eigenvalue weighted by Gasteiger charge is -2.40. The van der Waals surface area contributed by atoms with Crippen LogP contribution in [0.15, 0.2) is 0 Å². The monoisotopic (exact) mass is 159 g/mol. The first-order valence-corrected chi connectivity index (χ1v) is 3.62. The van der Waals surface area contributed by atoms with E-state index >= 15 is 0 Å². The van der Waals surface area contributed by atoms with Crippen LogP contribution in [-0.4, -0.2) is 41.5 Å². The lowest BCUT2D eigenvalue weighted by atomic mass is 9.84. The molecule has 0 rings (SSSR count). The first-order valence-electron chi connectivity index (χ1n) is 3.62. The van der Waals surface area contributed by atoms with Crippen LogP contribution < -0.4 is 0 Å². The molecule has 0 aliphatic heterocycles. The average molecular weight is 159 g/mol. The topological polar surface area (TPSA) is 40.5 Å². The van der Waals surface area contributed by atoms with Crippen molar-refractivity contribution in [3.8, 4) is 0 Å². The number of nitrogens with zero attached hydrogens (tertiary/aromatic N) is 1. The van der Waals surface area contributed by atoms with Crippen LogP contribution in [0.5, 0.6) is 0 Å². The first-order chi connectivity index (χ1) is 4.75. The summed E-state index contributed by atoms with van der Waals surface area (Å²) < 4.78 is 0. The van der Waals surface area contributed by atoms with Crippen molar-refractivity contribution >= 4 is 6.29 Å². The largest absolute Gasteiger partial charge is 0.388 e. The fraction of sp³-hybridized carbons (Fsp3) is 0.875. The lowest BCUT2D eigenvalue weighted by Crippen LogP contribution is -2.58. The van der Waals surface area contributed by atoms with Crippen molar-refractivity contribution in [3.63, 3.8) is 0 Å². The quantitative estimate of drug-likeness (QED) is 0.601. The molecule has 0 aromatic carbocycles. The van der Waals surface area contributed by atoms with Crippen molar-refractivity contribution in [2.45, 2.75) is 31.9 Å². The molecule has 0 aromatic heterocycles. The molecule has 1 unspecified atom stereocenters. The van der Waals surface area contributed by atoms with E-state index in [1.807, 2.05) is 0 Å². The Morgan fingerprint density at radius 3 is 1.64 bits per heavy atom. The molecule has 0 spiro atoms. The van der Waals surface area contributed by atoms with Crippen LogP contribution in [-0.2, 0) is 4.79 Å². The summed E-state index contributed by atoms with van der Waals surface area (Å²) in [7, 11) is 3.54. The van der Waals surface area contributed by atoms with Gasteiger partial charge in [0.1, 0.15) is 11.8 Å². The summed E-state index contributed by atoms with van der Waals surface area (Å²) in [5.74, 6) is 0. The summed E-state index contributed by atoms with van der Waals surface area (Å²) >= 11 is 0. The maximum absolute atomic E-state index is 10.7. The highest BCUT2D eigenvalue weighted by molar-refractivity contribution is 5.65. The molecule has 3 heteroatoms. The Bertz CT molecular complexity index is 149. The van der Waals surface area contributed by atoms with Crippen LogP contribution in [0, 0.1) is 0 Å². The van der Waals surface area contributed by atoms with Crippen molar-refractivity contribution in [1.29, 1.82) is 0 Å². The smallest absolute Gasteiger partial charge is 0.142 e. The van der Waals surface area contributed by atoms with Gasteiger partial charge in [-0.15, -0.1) is 0 Å². The van der Waals surface area contributed by atoms with Gasteiger partial charge in [-0.3, -0.25) is 4.90 Å². The van der Waals surface area contributed by atoms with Gasteiger partial charge in [-0.1, -0.05) is 0 Å². The van der Waals surface area contributed by atoms with Crippen molar-refractivity contribution in [2.24, 2.45) is 0 Å². The molecule has 0 aromatic rings. The van der Waals surface area contributed by atoms with Gasteiger partial charge in [0, 0.05) is 0 Å². The molecule has 0 heterocycles. The molecule has 3 nitrogen and oxygen atoms in total. The number of aldehydes is 1. The zero-order valence-electron chi connectivity index (χ0n) is 7.88. The van der Waals surface area contributed by atoms with Gasteiger partial charge in [0.05, 0.1) is 5.60 Å². The minimum Gasteiger partial charge on any atom is -0.388 e. The number of hydrogen-bond donors (Lipinski definition) is 1.